The number of imide groups is 2. The van der Waals surface area contributed by atoms with Crippen LogP contribution in [0.5, 0.6) is 0 Å². The van der Waals surface area contributed by atoms with E-state index in [9.17, 15) is 33.6 Å². The molecule has 0 spiro atoms. The Kier molecular flexibility index (Phi) is 14.8. The van der Waals surface area contributed by atoms with Crippen molar-refractivity contribution in [3.8, 4) is 0 Å². The zero-order valence-corrected chi connectivity index (χ0v) is 34.7. The van der Waals surface area contributed by atoms with Gasteiger partial charge < -0.3 is 30.3 Å². The van der Waals surface area contributed by atoms with E-state index in [1.54, 1.807) is 13.2 Å². The average Bonchev–Trinajstić information content (AvgIpc) is 3.47. The molecule has 2 fully saturated rings. The molecule has 3 aliphatic rings. The van der Waals surface area contributed by atoms with Gasteiger partial charge in [0.15, 0.2) is 0 Å². The Balaban J connectivity index is 0.810. The van der Waals surface area contributed by atoms with Crippen LogP contribution in [0.1, 0.15) is 87.5 Å². The van der Waals surface area contributed by atoms with Crippen LogP contribution in [0.4, 0.5) is 11.4 Å². The monoisotopic (exact) mass is 876 g/mol. The Labute approximate surface area is 349 Å². The van der Waals surface area contributed by atoms with Gasteiger partial charge in [0.05, 0.1) is 41.9 Å². The first-order valence-electron chi connectivity index (χ1n) is 19.8. The summed E-state index contributed by atoms with van der Waals surface area (Å²) in [7, 11) is 3.69. The highest BCUT2D eigenvalue weighted by Crippen LogP contribution is 2.33. The molecule has 59 heavy (non-hydrogen) atoms. The van der Waals surface area contributed by atoms with Crippen LogP contribution < -0.4 is 26.8 Å². The minimum absolute atomic E-state index is 0.00790. The van der Waals surface area contributed by atoms with Gasteiger partial charge in [-0.25, -0.2) is 4.68 Å². The molecule has 4 heterocycles. The number of carbonyl (C=O) groups is 6. The van der Waals surface area contributed by atoms with Gasteiger partial charge in [-0.15, -0.1) is 0 Å². The van der Waals surface area contributed by atoms with E-state index in [1.807, 2.05) is 24.3 Å². The fourth-order valence-electron chi connectivity index (χ4n) is 7.58. The number of unbranched alkanes of at least 4 members (excludes halogenated alkanes) is 3. The average molecular weight is 878 g/mol. The summed E-state index contributed by atoms with van der Waals surface area (Å²) in [6.07, 6.45) is 6.10. The number of ether oxygens (including phenoxy) is 2. The Morgan fingerprint density at radius 3 is 2.44 bits per heavy atom. The topological polar surface area (TPSA) is 210 Å². The molecule has 1 aromatic heterocycles. The van der Waals surface area contributed by atoms with Crippen LogP contribution in [0.3, 0.4) is 0 Å². The van der Waals surface area contributed by atoms with E-state index in [0.717, 1.165) is 55.7 Å². The van der Waals surface area contributed by atoms with Gasteiger partial charge in [0, 0.05) is 51.3 Å². The van der Waals surface area contributed by atoms with Crippen molar-refractivity contribution in [2.24, 2.45) is 7.05 Å². The molecule has 3 aliphatic heterocycles. The molecule has 2 saturated heterocycles. The maximum atomic E-state index is 13.2. The van der Waals surface area contributed by atoms with E-state index in [1.165, 1.54) is 22.9 Å². The van der Waals surface area contributed by atoms with Crippen molar-refractivity contribution in [3.05, 3.63) is 85.7 Å². The third kappa shape index (κ3) is 10.9. The Hall–Kier alpha value is -5.30. The van der Waals surface area contributed by atoms with Gasteiger partial charge in [0.25, 0.3) is 23.3 Å². The van der Waals surface area contributed by atoms with Crippen molar-refractivity contribution in [1.29, 1.82) is 0 Å². The van der Waals surface area contributed by atoms with E-state index in [0.29, 0.717) is 28.9 Å². The summed E-state index contributed by atoms with van der Waals surface area (Å²) in [5.74, 6) is -2.91. The minimum Gasteiger partial charge on any atom is -0.379 e. The Morgan fingerprint density at radius 1 is 0.898 bits per heavy atom. The molecule has 4 N–H and O–H groups in total. The highest BCUT2D eigenvalue weighted by atomic mass is 79.9. The number of likely N-dealkylation sites (N-methyl/N-ethyl adjacent to an activating group) is 1. The van der Waals surface area contributed by atoms with Crippen molar-refractivity contribution in [2.45, 2.75) is 62.9 Å². The van der Waals surface area contributed by atoms with Gasteiger partial charge in [-0.1, -0.05) is 31.0 Å². The third-order valence-electron chi connectivity index (χ3n) is 10.6. The summed E-state index contributed by atoms with van der Waals surface area (Å²) >= 11 is 3.40. The van der Waals surface area contributed by atoms with Gasteiger partial charge in [-0.05, 0) is 84.4 Å². The number of fused-ring (bicyclic) bond motifs is 1. The van der Waals surface area contributed by atoms with Crippen LogP contribution in [0, 0.1) is 0 Å². The van der Waals surface area contributed by atoms with Crippen LogP contribution in [-0.2, 0) is 30.9 Å². The minimum atomic E-state index is -1.10. The van der Waals surface area contributed by atoms with E-state index in [4.69, 9.17) is 9.47 Å². The van der Waals surface area contributed by atoms with Crippen LogP contribution in [0.2, 0.25) is 0 Å². The molecule has 0 aliphatic carbocycles. The van der Waals surface area contributed by atoms with E-state index >= 15 is 0 Å². The molecular weight excluding hydrogens is 828 g/mol. The fraction of sp³-hybridized carbons (Fsp3) is 0.463. The van der Waals surface area contributed by atoms with Crippen LogP contribution >= 0.6 is 15.9 Å². The van der Waals surface area contributed by atoms with Gasteiger partial charge in [0.1, 0.15) is 17.1 Å². The van der Waals surface area contributed by atoms with Gasteiger partial charge in [0.2, 0.25) is 17.7 Å². The van der Waals surface area contributed by atoms with Crippen molar-refractivity contribution in [3.63, 3.8) is 0 Å². The number of aryl methyl sites for hydroxylation is 1. The molecule has 3 aromatic rings. The zero-order chi connectivity index (χ0) is 42.1. The predicted molar refractivity (Wildman–Crippen MR) is 220 cm³/mol. The first-order valence-corrected chi connectivity index (χ1v) is 20.6. The first kappa shape index (κ1) is 43.3. The van der Waals surface area contributed by atoms with Crippen molar-refractivity contribution in [1.82, 2.24) is 30.2 Å². The van der Waals surface area contributed by atoms with Gasteiger partial charge >= 0.3 is 0 Å². The van der Waals surface area contributed by atoms with Crippen molar-refractivity contribution < 1.29 is 38.2 Å². The van der Waals surface area contributed by atoms with Crippen LogP contribution in [0.25, 0.3) is 0 Å². The van der Waals surface area contributed by atoms with Crippen molar-refractivity contribution >= 4 is 62.7 Å². The number of hydrogen-bond donors (Lipinski definition) is 4. The number of aromatic nitrogens is 2. The lowest BCUT2D eigenvalue weighted by molar-refractivity contribution is -0.136. The number of nitrogens with zero attached hydrogens (tertiary/aromatic N) is 4. The molecule has 3 unspecified atom stereocenters. The fourth-order valence-corrected chi connectivity index (χ4v) is 8.05. The SMILES string of the molecule is CN1CC(Nc2cnn(C)c(=O)c2Br)CC(c2ccc(C(=O)NCCCCCCOCCOCC(=O)Nc3cccc4c3C(=O)N(C3CCC(=O)NC3=O)C4=O)cc2)C1. The van der Waals surface area contributed by atoms with Crippen molar-refractivity contribution in [2.75, 3.05) is 63.7 Å². The standard InChI is InChI=1S/C41H49BrN8O9/c1-48-22-27(20-28(23-48)45-31-21-44-49(2)41(57)36(31)42)25-10-12-26(13-11-25)37(53)43-16-5-3-4-6-17-58-18-19-59-24-34(52)46-30-9-7-8-29-35(30)40(56)50(39(29)55)32-14-15-33(51)47-38(32)54/h7-13,21,27-28,32,45H,3-6,14-20,22-24H2,1-2H3,(H,43,53)(H,46,52)(H,47,51,54). The number of likely N-dealkylation sites (tertiary alicyclic amines) is 1. The van der Waals surface area contributed by atoms with E-state index in [-0.39, 0.29) is 72.9 Å². The lowest BCUT2D eigenvalue weighted by Gasteiger charge is -2.37. The number of halogens is 1. The number of amides is 6. The largest absolute Gasteiger partial charge is 0.379 e. The zero-order valence-electron chi connectivity index (χ0n) is 33.1. The molecule has 18 heteroatoms. The lowest BCUT2D eigenvalue weighted by Crippen LogP contribution is -2.54. The lowest BCUT2D eigenvalue weighted by atomic mass is 9.87. The molecule has 6 amide bonds. The quantitative estimate of drug-likeness (QED) is 0.107. The normalized spacial score (nSPS) is 19.4. The highest BCUT2D eigenvalue weighted by molar-refractivity contribution is 9.10. The third-order valence-corrected chi connectivity index (χ3v) is 11.3. The molecule has 0 saturated carbocycles. The number of anilines is 2. The second-order valence-electron chi connectivity index (χ2n) is 15.0. The number of rotatable bonds is 18. The summed E-state index contributed by atoms with van der Waals surface area (Å²) in [5, 5.41) is 15.4. The molecule has 6 rings (SSSR count). The smallest absolute Gasteiger partial charge is 0.282 e. The van der Waals surface area contributed by atoms with Gasteiger partial charge in [-0.3, -0.25) is 43.8 Å². The highest BCUT2D eigenvalue weighted by Gasteiger charge is 2.45. The van der Waals surface area contributed by atoms with Crippen LogP contribution in [-0.4, -0.2) is 120 Å². The van der Waals surface area contributed by atoms with E-state index < -0.39 is 35.6 Å². The summed E-state index contributed by atoms with van der Waals surface area (Å²) < 4.78 is 12.8. The summed E-state index contributed by atoms with van der Waals surface area (Å²) in [6, 6.07) is 11.3. The second kappa shape index (κ2) is 20.1. The number of benzene rings is 2. The summed E-state index contributed by atoms with van der Waals surface area (Å²) in [5.41, 5.74) is 2.45. The maximum absolute atomic E-state index is 13.2. The summed E-state index contributed by atoms with van der Waals surface area (Å²) in [4.78, 5) is 90.9. The van der Waals surface area contributed by atoms with Crippen LogP contribution in [0.15, 0.2) is 57.9 Å². The maximum Gasteiger partial charge on any atom is 0.282 e. The second-order valence-corrected chi connectivity index (χ2v) is 15.8. The molecule has 0 radical (unpaired) electrons. The van der Waals surface area contributed by atoms with Gasteiger partial charge in [-0.2, -0.15) is 5.10 Å². The molecule has 2 aromatic carbocycles. The Morgan fingerprint density at radius 2 is 1.66 bits per heavy atom. The molecule has 314 valence electrons. The number of hydrogen-bond acceptors (Lipinski definition) is 12. The molecular formula is C41H49BrN8O9. The molecule has 17 nitrogen and oxygen atoms in total. The predicted octanol–water partition coefficient (Wildman–Crippen LogP) is 2.81. The molecule has 0 bridgehead atoms. The molecule has 3 atom stereocenters. The number of nitrogens with one attached hydrogen (secondary N) is 4. The summed E-state index contributed by atoms with van der Waals surface area (Å²) in [6.45, 7) is 2.99. The van der Waals surface area contributed by atoms with E-state index in [2.05, 4.69) is 54.2 Å². The number of piperidine rings is 2. The Bertz CT molecular complexity index is 2130. The first-order chi connectivity index (χ1) is 28.4. The number of carbonyl (C=O) groups excluding carboxylic acids is 6.